The van der Waals surface area contributed by atoms with E-state index in [1.807, 2.05) is 0 Å². The second kappa shape index (κ2) is 4.43. The fraction of sp³-hybridized carbons (Fsp3) is 0.500. The summed E-state index contributed by atoms with van der Waals surface area (Å²) in [5, 5.41) is 0. The number of hydrogen-bond donors (Lipinski definition) is 1. The highest BCUT2D eigenvalue weighted by Crippen LogP contribution is 2.17. The molecule has 0 saturated heterocycles. The van der Waals surface area contributed by atoms with Crippen molar-refractivity contribution in [2.75, 3.05) is 0 Å². The molecule has 0 heterocycles. The molecule has 1 atom stereocenters. The van der Waals surface area contributed by atoms with Crippen molar-refractivity contribution >= 4 is 0 Å². The molecule has 13 heavy (non-hydrogen) atoms. The lowest BCUT2D eigenvalue weighted by molar-refractivity contribution is -0.438. The lowest BCUT2D eigenvalue weighted by Gasteiger charge is -2.12. The van der Waals surface area contributed by atoms with E-state index < -0.39 is 0 Å². The van der Waals surface area contributed by atoms with E-state index >= 15 is 0 Å². The smallest absolute Gasteiger partial charge is 0.112 e. The van der Waals surface area contributed by atoms with Crippen molar-refractivity contribution in [1.82, 2.24) is 0 Å². The highest BCUT2D eigenvalue weighted by atomic mass is 14.6. The Balaban J connectivity index is 2.79. The minimum atomic E-state index is 0.422. The minimum absolute atomic E-state index is 0.422. The van der Waals surface area contributed by atoms with Gasteiger partial charge < -0.3 is 5.73 Å². The van der Waals surface area contributed by atoms with Crippen LogP contribution in [0.4, 0.5) is 0 Å². The molecule has 0 fully saturated rings. The van der Waals surface area contributed by atoms with Gasteiger partial charge in [0.15, 0.2) is 0 Å². The topological polar surface area (TPSA) is 27.6 Å². The van der Waals surface area contributed by atoms with Crippen molar-refractivity contribution in [2.45, 2.75) is 33.2 Å². The predicted molar refractivity (Wildman–Crippen MR) is 56.3 cm³/mol. The second-order valence-electron chi connectivity index (χ2n) is 3.95. The molecule has 0 unspecified atom stereocenters. The zero-order valence-electron chi connectivity index (χ0n) is 8.88. The predicted octanol–water partition coefficient (Wildman–Crippen LogP) is 2.19. The molecule has 1 aromatic rings. The maximum absolute atomic E-state index is 4.16. The summed E-state index contributed by atoms with van der Waals surface area (Å²) >= 11 is 0. The van der Waals surface area contributed by atoms with Gasteiger partial charge in [0.25, 0.3) is 0 Å². The highest BCUT2D eigenvalue weighted by Gasteiger charge is 2.13. The van der Waals surface area contributed by atoms with Crippen molar-refractivity contribution in [2.24, 2.45) is 5.92 Å². The van der Waals surface area contributed by atoms with Gasteiger partial charge in [-0.3, -0.25) is 0 Å². The van der Waals surface area contributed by atoms with Crippen LogP contribution < -0.4 is 5.73 Å². The molecular formula is C12H20N+. The van der Waals surface area contributed by atoms with E-state index in [0.717, 1.165) is 6.42 Å². The maximum atomic E-state index is 4.16. The van der Waals surface area contributed by atoms with Crippen LogP contribution in [0.1, 0.15) is 37.9 Å². The van der Waals surface area contributed by atoms with Gasteiger partial charge >= 0.3 is 0 Å². The first-order valence-electron chi connectivity index (χ1n) is 5.07. The van der Waals surface area contributed by atoms with Gasteiger partial charge in [0.1, 0.15) is 6.04 Å². The van der Waals surface area contributed by atoms with Gasteiger partial charge in [0.05, 0.1) is 0 Å². The molecule has 3 N–H and O–H groups in total. The van der Waals surface area contributed by atoms with Crippen molar-refractivity contribution in [1.29, 1.82) is 0 Å². The molecule has 72 valence electrons. The Bertz CT molecular complexity index is 248. The summed E-state index contributed by atoms with van der Waals surface area (Å²) in [7, 11) is 0. The normalized spacial score (nSPS) is 13.3. The van der Waals surface area contributed by atoms with Crippen LogP contribution in [-0.4, -0.2) is 0 Å². The number of hydrogen-bond acceptors (Lipinski definition) is 0. The van der Waals surface area contributed by atoms with Gasteiger partial charge in [-0.15, -0.1) is 0 Å². The van der Waals surface area contributed by atoms with E-state index in [0.29, 0.717) is 12.0 Å². The number of benzene rings is 1. The minimum Gasteiger partial charge on any atom is -0.351 e. The van der Waals surface area contributed by atoms with Crippen LogP contribution in [0.25, 0.3) is 0 Å². The number of aryl methyl sites for hydroxylation is 1. The van der Waals surface area contributed by atoms with Crippen LogP contribution in [0.3, 0.4) is 0 Å². The Kier molecular flexibility index (Phi) is 3.49. The molecule has 0 aliphatic carbocycles. The zero-order chi connectivity index (χ0) is 9.84. The second-order valence-corrected chi connectivity index (χ2v) is 3.95. The lowest BCUT2D eigenvalue weighted by atomic mass is 9.96. The molecule has 0 aliphatic rings. The Morgan fingerprint density at radius 3 is 2.08 bits per heavy atom. The first-order chi connectivity index (χ1) is 6.15. The van der Waals surface area contributed by atoms with E-state index in [2.05, 4.69) is 50.8 Å². The van der Waals surface area contributed by atoms with Gasteiger partial charge in [-0.25, -0.2) is 0 Å². The molecule has 1 aromatic carbocycles. The average molecular weight is 178 g/mol. The molecule has 0 amide bonds. The third-order valence-corrected chi connectivity index (χ3v) is 2.62. The maximum Gasteiger partial charge on any atom is 0.112 e. The fourth-order valence-corrected chi connectivity index (χ4v) is 1.39. The molecule has 0 spiro atoms. The molecule has 0 aromatic heterocycles. The SMILES string of the molecule is CCc1ccc([C@H]([NH3+])C(C)C)cc1. The summed E-state index contributed by atoms with van der Waals surface area (Å²) in [5.41, 5.74) is 6.92. The average Bonchev–Trinajstić information content (AvgIpc) is 2.17. The van der Waals surface area contributed by atoms with Crippen LogP contribution in [0, 0.1) is 5.92 Å². The van der Waals surface area contributed by atoms with E-state index in [9.17, 15) is 0 Å². The molecule has 1 heteroatoms. The molecule has 0 radical (unpaired) electrons. The molecule has 0 saturated carbocycles. The van der Waals surface area contributed by atoms with Gasteiger partial charge in [0, 0.05) is 11.5 Å². The largest absolute Gasteiger partial charge is 0.351 e. The van der Waals surface area contributed by atoms with Crippen LogP contribution in [0.2, 0.25) is 0 Å². The highest BCUT2D eigenvalue weighted by molar-refractivity contribution is 5.24. The Labute approximate surface area is 81.0 Å². The van der Waals surface area contributed by atoms with Crippen molar-refractivity contribution < 1.29 is 5.73 Å². The summed E-state index contributed by atoms with van der Waals surface area (Å²) in [4.78, 5) is 0. The summed E-state index contributed by atoms with van der Waals surface area (Å²) in [6.45, 7) is 6.61. The van der Waals surface area contributed by atoms with Gasteiger partial charge in [0.2, 0.25) is 0 Å². The van der Waals surface area contributed by atoms with Gasteiger partial charge in [-0.05, 0) is 12.0 Å². The van der Waals surface area contributed by atoms with Crippen LogP contribution >= 0.6 is 0 Å². The Morgan fingerprint density at radius 2 is 1.69 bits per heavy atom. The first-order valence-corrected chi connectivity index (χ1v) is 5.07. The third kappa shape index (κ3) is 2.56. The third-order valence-electron chi connectivity index (χ3n) is 2.62. The van der Waals surface area contributed by atoms with Crippen molar-refractivity contribution in [3.63, 3.8) is 0 Å². The fourth-order valence-electron chi connectivity index (χ4n) is 1.39. The Hall–Kier alpha value is -0.820. The monoisotopic (exact) mass is 178 g/mol. The molecular weight excluding hydrogens is 158 g/mol. The molecule has 1 nitrogen and oxygen atoms in total. The number of quaternary nitrogens is 1. The zero-order valence-corrected chi connectivity index (χ0v) is 8.88. The van der Waals surface area contributed by atoms with Gasteiger partial charge in [-0.2, -0.15) is 0 Å². The van der Waals surface area contributed by atoms with E-state index in [4.69, 9.17) is 0 Å². The standard InChI is InChI=1S/C12H19N/c1-4-10-5-7-11(8-6-10)12(13)9(2)3/h5-9,12H,4,13H2,1-3H3/p+1/t12-/m1/s1. The van der Waals surface area contributed by atoms with E-state index in [1.54, 1.807) is 0 Å². The first kappa shape index (κ1) is 10.3. The quantitative estimate of drug-likeness (QED) is 0.735. The molecule has 0 bridgehead atoms. The summed E-state index contributed by atoms with van der Waals surface area (Å²) < 4.78 is 0. The van der Waals surface area contributed by atoms with Crippen molar-refractivity contribution in [3.05, 3.63) is 35.4 Å². The van der Waals surface area contributed by atoms with Gasteiger partial charge in [-0.1, -0.05) is 45.0 Å². The van der Waals surface area contributed by atoms with Crippen molar-refractivity contribution in [3.8, 4) is 0 Å². The summed E-state index contributed by atoms with van der Waals surface area (Å²) in [5.74, 6) is 0.618. The Morgan fingerprint density at radius 1 is 1.15 bits per heavy atom. The summed E-state index contributed by atoms with van der Waals surface area (Å²) in [6.07, 6.45) is 1.11. The molecule has 0 aliphatic heterocycles. The van der Waals surface area contributed by atoms with Crippen LogP contribution in [0.15, 0.2) is 24.3 Å². The van der Waals surface area contributed by atoms with Crippen LogP contribution in [-0.2, 0) is 6.42 Å². The summed E-state index contributed by atoms with van der Waals surface area (Å²) in [6, 6.07) is 9.24. The molecule has 1 rings (SSSR count). The van der Waals surface area contributed by atoms with Crippen LogP contribution in [0.5, 0.6) is 0 Å². The van der Waals surface area contributed by atoms with E-state index in [-0.39, 0.29) is 0 Å². The number of rotatable bonds is 3. The lowest BCUT2D eigenvalue weighted by Crippen LogP contribution is -2.55. The van der Waals surface area contributed by atoms with E-state index in [1.165, 1.54) is 11.1 Å².